The minimum absolute atomic E-state index is 0.0168. The SMILES string of the molecule is COc1c(C(CC(=O)O)C2CC2)cc(Br)c(F)c1F. The van der Waals surface area contributed by atoms with Crippen molar-refractivity contribution < 1.29 is 23.4 Å². The summed E-state index contributed by atoms with van der Waals surface area (Å²) >= 11 is 2.95. The lowest BCUT2D eigenvalue weighted by Crippen LogP contribution is -2.11. The second-order valence-corrected chi connectivity index (χ2v) is 5.50. The van der Waals surface area contributed by atoms with Crippen LogP contribution in [0.2, 0.25) is 0 Å². The first kappa shape index (κ1) is 14.2. The highest BCUT2D eigenvalue weighted by Crippen LogP contribution is 2.48. The molecule has 1 aromatic rings. The van der Waals surface area contributed by atoms with E-state index in [1.165, 1.54) is 13.2 Å². The maximum atomic E-state index is 13.8. The summed E-state index contributed by atoms with van der Waals surface area (Å²) < 4.78 is 32.2. The lowest BCUT2D eigenvalue weighted by atomic mass is 9.90. The highest BCUT2D eigenvalue weighted by molar-refractivity contribution is 9.10. The first-order chi connectivity index (χ1) is 8.95. The van der Waals surface area contributed by atoms with Gasteiger partial charge in [0.15, 0.2) is 11.6 Å². The van der Waals surface area contributed by atoms with E-state index in [0.29, 0.717) is 5.56 Å². The second-order valence-electron chi connectivity index (χ2n) is 4.65. The van der Waals surface area contributed by atoms with Crippen LogP contribution in [0.5, 0.6) is 5.75 Å². The average Bonchev–Trinajstić information content (AvgIpc) is 3.17. The molecule has 104 valence electrons. The monoisotopic (exact) mass is 334 g/mol. The Bertz CT molecular complexity index is 515. The zero-order valence-corrected chi connectivity index (χ0v) is 11.8. The van der Waals surface area contributed by atoms with Crippen LogP contribution in [0.3, 0.4) is 0 Å². The van der Waals surface area contributed by atoms with Crippen LogP contribution in [0, 0.1) is 17.6 Å². The fourth-order valence-electron chi connectivity index (χ4n) is 2.30. The van der Waals surface area contributed by atoms with E-state index < -0.39 is 17.6 Å². The molecule has 1 N–H and O–H groups in total. The van der Waals surface area contributed by atoms with Crippen LogP contribution in [0.1, 0.15) is 30.7 Å². The van der Waals surface area contributed by atoms with Crippen LogP contribution < -0.4 is 4.74 Å². The summed E-state index contributed by atoms with van der Waals surface area (Å²) in [5, 5.41) is 8.96. The summed E-state index contributed by atoms with van der Waals surface area (Å²) in [5.74, 6) is -3.41. The van der Waals surface area contributed by atoms with E-state index in [-0.39, 0.29) is 28.5 Å². The zero-order valence-electron chi connectivity index (χ0n) is 10.3. The Balaban J connectivity index is 2.49. The van der Waals surface area contributed by atoms with Crippen molar-refractivity contribution in [2.75, 3.05) is 7.11 Å². The van der Waals surface area contributed by atoms with E-state index in [2.05, 4.69) is 15.9 Å². The van der Waals surface area contributed by atoms with Crippen LogP contribution in [0.15, 0.2) is 10.5 Å². The lowest BCUT2D eigenvalue weighted by molar-refractivity contribution is -0.137. The molecule has 3 nitrogen and oxygen atoms in total. The van der Waals surface area contributed by atoms with Gasteiger partial charge in [0.1, 0.15) is 0 Å². The van der Waals surface area contributed by atoms with Gasteiger partial charge in [-0.1, -0.05) is 0 Å². The number of methoxy groups -OCH3 is 1. The van der Waals surface area contributed by atoms with Crippen molar-refractivity contribution in [3.63, 3.8) is 0 Å². The molecule has 2 rings (SSSR count). The number of aliphatic carboxylic acids is 1. The van der Waals surface area contributed by atoms with Gasteiger partial charge in [-0.2, -0.15) is 4.39 Å². The molecule has 0 spiro atoms. The van der Waals surface area contributed by atoms with Crippen molar-refractivity contribution in [3.8, 4) is 5.75 Å². The first-order valence-corrected chi connectivity index (χ1v) is 6.68. The molecule has 0 aliphatic heterocycles. The number of benzene rings is 1. The predicted octanol–water partition coefficient (Wildman–Crippen LogP) is 3.70. The molecule has 0 heterocycles. The van der Waals surface area contributed by atoms with Gasteiger partial charge in [0.05, 0.1) is 18.0 Å². The third-order valence-electron chi connectivity index (χ3n) is 3.34. The topological polar surface area (TPSA) is 46.5 Å². The van der Waals surface area contributed by atoms with Crippen LogP contribution >= 0.6 is 15.9 Å². The Hall–Kier alpha value is -1.17. The molecule has 0 bridgehead atoms. The molecule has 1 aliphatic rings. The standard InChI is InChI=1S/C13H13BrF2O3/c1-19-13-8(4-9(14)11(15)12(13)16)7(5-10(17)18)6-2-3-6/h4,6-7H,2-3,5H2,1H3,(H,17,18). The van der Waals surface area contributed by atoms with E-state index in [1.54, 1.807) is 0 Å². The van der Waals surface area contributed by atoms with Gasteiger partial charge in [-0.05, 0) is 40.8 Å². The summed E-state index contributed by atoms with van der Waals surface area (Å²) in [6.45, 7) is 0. The number of hydrogen-bond acceptors (Lipinski definition) is 2. The maximum Gasteiger partial charge on any atom is 0.303 e. The zero-order chi connectivity index (χ0) is 14.2. The van der Waals surface area contributed by atoms with Crippen molar-refractivity contribution in [1.29, 1.82) is 0 Å². The van der Waals surface area contributed by atoms with Gasteiger partial charge in [-0.25, -0.2) is 4.39 Å². The summed E-state index contributed by atoms with van der Waals surface area (Å²) in [4.78, 5) is 10.9. The molecule has 0 aromatic heterocycles. The average molecular weight is 335 g/mol. The molecule has 1 atom stereocenters. The smallest absolute Gasteiger partial charge is 0.303 e. The molecular weight excluding hydrogens is 322 g/mol. The van der Waals surface area contributed by atoms with Crippen LogP contribution in [0.25, 0.3) is 0 Å². The van der Waals surface area contributed by atoms with Gasteiger partial charge < -0.3 is 9.84 Å². The molecule has 0 amide bonds. The number of carboxylic acids is 1. The Morgan fingerprint density at radius 3 is 2.63 bits per heavy atom. The lowest BCUT2D eigenvalue weighted by Gasteiger charge is -2.19. The molecule has 6 heteroatoms. The van der Waals surface area contributed by atoms with Gasteiger partial charge in [-0.3, -0.25) is 4.79 Å². The third-order valence-corrected chi connectivity index (χ3v) is 3.91. The molecular formula is C13H13BrF2O3. The molecule has 0 radical (unpaired) electrons. The number of ether oxygens (including phenoxy) is 1. The number of rotatable bonds is 5. The molecule has 1 fully saturated rings. The number of carboxylic acid groups (broad SMARTS) is 1. The first-order valence-electron chi connectivity index (χ1n) is 5.88. The van der Waals surface area contributed by atoms with Gasteiger partial charge >= 0.3 is 5.97 Å². The minimum atomic E-state index is -1.08. The van der Waals surface area contributed by atoms with Crippen molar-refractivity contribution >= 4 is 21.9 Å². The van der Waals surface area contributed by atoms with E-state index in [9.17, 15) is 13.6 Å². The second kappa shape index (κ2) is 5.45. The molecule has 1 unspecified atom stereocenters. The van der Waals surface area contributed by atoms with Crippen molar-refractivity contribution in [1.82, 2.24) is 0 Å². The maximum absolute atomic E-state index is 13.8. The fourth-order valence-corrected chi connectivity index (χ4v) is 2.72. The molecule has 0 saturated heterocycles. The molecule has 19 heavy (non-hydrogen) atoms. The Kier molecular flexibility index (Phi) is 4.08. The Morgan fingerprint density at radius 2 is 2.16 bits per heavy atom. The number of carbonyl (C=O) groups is 1. The normalized spacial score (nSPS) is 16.2. The van der Waals surface area contributed by atoms with Crippen molar-refractivity contribution in [2.24, 2.45) is 5.92 Å². The number of hydrogen-bond donors (Lipinski definition) is 1. The van der Waals surface area contributed by atoms with E-state index in [4.69, 9.17) is 9.84 Å². The predicted molar refractivity (Wildman–Crippen MR) is 68.3 cm³/mol. The number of halogens is 3. The van der Waals surface area contributed by atoms with Crippen molar-refractivity contribution in [3.05, 3.63) is 27.7 Å². The van der Waals surface area contributed by atoms with Crippen molar-refractivity contribution in [2.45, 2.75) is 25.2 Å². The van der Waals surface area contributed by atoms with Gasteiger partial charge in [-0.15, -0.1) is 0 Å². The van der Waals surface area contributed by atoms with E-state index in [1.807, 2.05) is 0 Å². The fraction of sp³-hybridized carbons (Fsp3) is 0.462. The van der Waals surface area contributed by atoms with Gasteiger partial charge in [0.2, 0.25) is 5.82 Å². The van der Waals surface area contributed by atoms with Crippen LogP contribution in [0.4, 0.5) is 8.78 Å². The summed E-state index contributed by atoms with van der Waals surface area (Å²) in [5.41, 5.74) is 0.415. The van der Waals surface area contributed by atoms with Gasteiger partial charge in [0, 0.05) is 11.5 Å². The van der Waals surface area contributed by atoms with E-state index >= 15 is 0 Å². The molecule has 1 saturated carbocycles. The quantitative estimate of drug-likeness (QED) is 0.835. The highest BCUT2D eigenvalue weighted by atomic mass is 79.9. The van der Waals surface area contributed by atoms with E-state index in [0.717, 1.165) is 12.8 Å². The molecule has 1 aromatic carbocycles. The third kappa shape index (κ3) is 2.88. The summed E-state index contributed by atoms with van der Waals surface area (Å²) in [7, 11) is 1.25. The minimum Gasteiger partial charge on any atom is -0.493 e. The summed E-state index contributed by atoms with van der Waals surface area (Å²) in [6, 6.07) is 1.42. The van der Waals surface area contributed by atoms with Crippen LogP contribution in [-0.4, -0.2) is 18.2 Å². The summed E-state index contributed by atoms with van der Waals surface area (Å²) in [6.07, 6.45) is 1.69. The van der Waals surface area contributed by atoms with Crippen LogP contribution in [-0.2, 0) is 4.79 Å². The highest BCUT2D eigenvalue weighted by Gasteiger charge is 2.37. The Morgan fingerprint density at radius 1 is 1.53 bits per heavy atom. The molecule has 1 aliphatic carbocycles. The Labute approximate surface area is 117 Å². The van der Waals surface area contributed by atoms with Gasteiger partial charge in [0.25, 0.3) is 0 Å². The largest absolute Gasteiger partial charge is 0.493 e.